The third-order valence-corrected chi connectivity index (χ3v) is 5.11. The Kier molecular flexibility index (Phi) is 3.63. The number of hydrogen-bond acceptors (Lipinski definition) is 4. The molecule has 4 rings (SSSR count). The van der Waals surface area contributed by atoms with E-state index in [9.17, 15) is 4.79 Å². The topological polar surface area (TPSA) is 49.3 Å². The smallest absolute Gasteiger partial charge is 0.225 e. The molecule has 1 aliphatic carbocycles. The summed E-state index contributed by atoms with van der Waals surface area (Å²) in [5, 5.41) is 1.11. The van der Waals surface area contributed by atoms with Gasteiger partial charge in [0, 0.05) is 37.5 Å². The second kappa shape index (κ2) is 5.80. The van der Waals surface area contributed by atoms with E-state index in [2.05, 4.69) is 20.9 Å². The van der Waals surface area contributed by atoms with E-state index >= 15 is 0 Å². The zero-order valence-corrected chi connectivity index (χ0v) is 13.5. The lowest BCUT2D eigenvalue weighted by molar-refractivity contribution is -0.133. The fraction of sp³-hybridized carbons (Fsp3) is 0.500. The maximum Gasteiger partial charge on any atom is 0.225 e. The molecule has 0 bridgehead atoms. The van der Waals surface area contributed by atoms with Gasteiger partial charge in [0.1, 0.15) is 12.1 Å². The van der Waals surface area contributed by atoms with E-state index < -0.39 is 0 Å². The van der Waals surface area contributed by atoms with Gasteiger partial charge in [-0.3, -0.25) is 4.79 Å². The molecule has 1 aromatic carbocycles. The van der Waals surface area contributed by atoms with Crippen molar-refractivity contribution >= 4 is 22.6 Å². The highest BCUT2D eigenvalue weighted by atomic mass is 16.2. The first-order chi connectivity index (χ1) is 11.2. The van der Waals surface area contributed by atoms with Crippen LogP contribution in [0.4, 0.5) is 5.82 Å². The third kappa shape index (κ3) is 2.76. The summed E-state index contributed by atoms with van der Waals surface area (Å²) in [6, 6.07) is 8.51. The number of carbonyl (C=O) groups excluding carboxylic acids is 1. The molecule has 2 fully saturated rings. The number of carbonyl (C=O) groups is 1. The second-order valence-electron chi connectivity index (χ2n) is 6.66. The summed E-state index contributed by atoms with van der Waals surface area (Å²) in [4.78, 5) is 25.4. The van der Waals surface area contributed by atoms with E-state index in [1.165, 1.54) is 0 Å². The van der Waals surface area contributed by atoms with Crippen molar-refractivity contribution < 1.29 is 4.79 Å². The Labute approximate surface area is 136 Å². The van der Waals surface area contributed by atoms with Crippen molar-refractivity contribution in [3.63, 3.8) is 0 Å². The predicted molar refractivity (Wildman–Crippen MR) is 90.3 cm³/mol. The monoisotopic (exact) mass is 310 g/mol. The summed E-state index contributed by atoms with van der Waals surface area (Å²) < 4.78 is 0. The van der Waals surface area contributed by atoms with Crippen molar-refractivity contribution in [2.45, 2.75) is 31.7 Å². The number of aromatic nitrogens is 2. The zero-order chi connectivity index (χ0) is 15.8. The summed E-state index contributed by atoms with van der Waals surface area (Å²) >= 11 is 0. The van der Waals surface area contributed by atoms with Crippen LogP contribution in [0.25, 0.3) is 10.9 Å². The lowest BCUT2D eigenvalue weighted by atomic mass is 10.0. The van der Waals surface area contributed by atoms with Gasteiger partial charge in [0.15, 0.2) is 0 Å². The Morgan fingerprint density at radius 3 is 2.61 bits per heavy atom. The number of para-hydroxylation sites is 1. The van der Waals surface area contributed by atoms with Crippen LogP contribution < -0.4 is 4.90 Å². The molecule has 2 aromatic rings. The Morgan fingerprint density at radius 1 is 1.13 bits per heavy atom. The Hall–Kier alpha value is -2.17. The van der Waals surface area contributed by atoms with E-state index in [1.54, 1.807) is 6.33 Å². The number of benzene rings is 1. The van der Waals surface area contributed by atoms with Gasteiger partial charge in [0.05, 0.1) is 5.52 Å². The number of nitrogens with zero attached hydrogens (tertiary/aromatic N) is 4. The van der Waals surface area contributed by atoms with Crippen molar-refractivity contribution in [3.05, 3.63) is 30.6 Å². The first-order valence-electron chi connectivity index (χ1n) is 8.45. The molecule has 5 heteroatoms. The van der Waals surface area contributed by atoms with E-state index in [4.69, 9.17) is 0 Å². The van der Waals surface area contributed by atoms with Gasteiger partial charge < -0.3 is 9.80 Å². The first-order valence-corrected chi connectivity index (χ1v) is 8.45. The fourth-order valence-corrected chi connectivity index (χ4v) is 3.51. The third-order valence-electron chi connectivity index (χ3n) is 5.11. The standard InChI is InChI=1S/C18H22N4O/c1-21(18(23)13-6-7-13)14-8-10-22(11-9-14)17-15-4-2-3-5-16(15)19-12-20-17/h2-5,12-14H,6-11H2,1H3. The predicted octanol–water partition coefficient (Wildman–Crippen LogP) is 2.47. The summed E-state index contributed by atoms with van der Waals surface area (Å²) in [5.41, 5.74) is 0.987. The van der Waals surface area contributed by atoms with E-state index in [1.807, 2.05) is 30.1 Å². The molecule has 0 N–H and O–H groups in total. The fourth-order valence-electron chi connectivity index (χ4n) is 3.51. The minimum Gasteiger partial charge on any atom is -0.356 e. The Morgan fingerprint density at radius 2 is 1.87 bits per heavy atom. The Bertz CT molecular complexity index is 715. The quantitative estimate of drug-likeness (QED) is 0.874. The summed E-state index contributed by atoms with van der Waals surface area (Å²) in [6.07, 6.45) is 5.82. The van der Waals surface area contributed by atoms with Crippen LogP contribution in [-0.2, 0) is 4.79 Å². The van der Waals surface area contributed by atoms with Gasteiger partial charge in [-0.05, 0) is 37.8 Å². The van der Waals surface area contributed by atoms with Crippen molar-refractivity contribution in [2.75, 3.05) is 25.0 Å². The molecule has 1 saturated heterocycles. The minimum atomic E-state index is 0.309. The van der Waals surface area contributed by atoms with Crippen molar-refractivity contribution in [1.29, 1.82) is 0 Å². The lowest BCUT2D eigenvalue weighted by Gasteiger charge is -2.37. The first kappa shape index (κ1) is 14.4. The van der Waals surface area contributed by atoms with Crippen molar-refractivity contribution in [2.24, 2.45) is 5.92 Å². The lowest BCUT2D eigenvalue weighted by Crippen LogP contribution is -2.46. The van der Waals surface area contributed by atoms with Crippen LogP contribution in [0.3, 0.4) is 0 Å². The molecule has 1 aliphatic heterocycles. The number of amides is 1. The molecule has 5 nitrogen and oxygen atoms in total. The van der Waals surface area contributed by atoms with Crippen molar-refractivity contribution in [3.8, 4) is 0 Å². The van der Waals surface area contributed by atoms with Crippen LogP contribution >= 0.6 is 0 Å². The average Bonchev–Trinajstić information content (AvgIpc) is 3.45. The summed E-state index contributed by atoms with van der Waals surface area (Å²) in [5.74, 6) is 1.67. The summed E-state index contributed by atoms with van der Waals surface area (Å²) in [7, 11) is 1.97. The van der Waals surface area contributed by atoms with Crippen LogP contribution in [0.15, 0.2) is 30.6 Å². The molecule has 23 heavy (non-hydrogen) atoms. The molecule has 2 aliphatic rings. The van der Waals surface area contributed by atoms with Gasteiger partial charge in [0.2, 0.25) is 5.91 Å². The molecular weight excluding hydrogens is 288 g/mol. The molecule has 0 atom stereocenters. The van der Waals surface area contributed by atoms with Gasteiger partial charge in [-0.25, -0.2) is 9.97 Å². The van der Waals surface area contributed by atoms with Crippen LogP contribution in [0.1, 0.15) is 25.7 Å². The molecule has 0 radical (unpaired) electrons. The minimum absolute atomic E-state index is 0.309. The maximum absolute atomic E-state index is 12.2. The molecule has 1 amide bonds. The van der Waals surface area contributed by atoms with Gasteiger partial charge in [-0.15, -0.1) is 0 Å². The van der Waals surface area contributed by atoms with Crippen LogP contribution in [-0.4, -0.2) is 47.0 Å². The van der Waals surface area contributed by atoms with E-state index in [-0.39, 0.29) is 0 Å². The second-order valence-corrected chi connectivity index (χ2v) is 6.66. The molecule has 1 aromatic heterocycles. The SMILES string of the molecule is CN(C(=O)C1CC1)C1CCN(c2ncnc3ccccc23)CC1. The summed E-state index contributed by atoms with van der Waals surface area (Å²) in [6.45, 7) is 1.88. The van der Waals surface area contributed by atoms with Crippen LogP contribution in [0.2, 0.25) is 0 Å². The number of fused-ring (bicyclic) bond motifs is 1. The highest BCUT2D eigenvalue weighted by Gasteiger charge is 2.35. The number of piperidine rings is 1. The maximum atomic E-state index is 12.2. The van der Waals surface area contributed by atoms with Crippen molar-refractivity contribution in [1.82, 2.24) is 14.9 Å². The average molecular weight is 310 g/mol. The molecule has 2 heterocycles. The highest BCUT2D eigenvalue weighted by molar-refractivity contribution is 5.89. The van der Waals surface area contributed by atoms with E-state index in [0.29, 0.717) is 17.9 Å². The highest BCUT2D eigenvalue weighted by Crippen LogP contribution is 2.33. The van der Waals surface area contributed by atoms with E-state index in [0.717, 1.165) is 55.5 Å². The molecule has 0 spiro atoms. The van der Waals surface area contributed by atoms with Gasteiger partial charge in [-0.2, -0.15) is 0 Å². The molecule has 0 unspecified atom stereocenters. The number of rotatable bonds is 3. The zero-order valence-electron chi connectivity index (χ0n) is 13.5. The molecule has 1 saturated carbocycles. The number of hydrogen-bond donors (Lipinski definition) is 0. The number of anilines is 1. The van der Waals surface area contributed by atoms with Gasteiger partial charge >= 0.3 is 0 Å². The van der Waals surface area contributed by atoms with Crippen LogP contribution in [0.5, 0.6) is 0 Å². The molecule has 120 valence electrons. The van der Waals surface area contributed by atoms with Crippen LogP contribution in [0, 0.1) is 5.92 Å². The largest absolute Gasteiger partial charge is 0.356 e. The van der Waals surface area contributed by atoms with Gasteiger partial charge in [-0.1, -0.05) is 12.1 Å². The molecular formula is C18H22N4O. The Balaban J connectivity index is 1.47. The van der Waals surface area contributed by atoms with Gasteiger partial charge in [0.25, 0.3) is 0 Å². The normalized spacial score (nSPS) is 19.1.